The molecule has 0 atom stereocenters. The van der Waals surface area contributed by atoms with Crippen molar-refractivity contribution in [2.45, 2.75) is 11.4 Å². The SMILES string of the molecule is COCCN(Cc1ccc(OS(=O)(=O)c2ccc(F)cc2)cc1)C(=O)Nc1ccccc1. The first-order chi connectivity index (χ1) is 15.4. The van der Waals surface area contributed by atoms with Crippen molar-refractivity contribution in [3.8, 4) is 5.75 Å². The number of halogens is 1. The lowest BCUT2D eigenvalue weighted by atomic mass is 10.2. The summed E-state index contributed by atoms with van der Waals surface area (Å²) in [6, 6.07) is 19.5. The third-order valence-electron chi connectivity index (χ3n) is 4.48. The van der Waals surface area contributed by atoms with Gasteiger partial charge in [0.2, 0.25) is 0 Å². The van der Waals surface area contributed by atoms with Crippen molar-refractivity contribution < 1.29 is 26.5 Å². The van der Waals surface area contributed by atoms with Gasteiger partial charge in [0.15, 0.2) is 0 Å². The number of anilines is 1. The number of hydrogen-bond donors (Lipinski definition) is 1. The van der Waals surface area contributed by atoms with Crippen LogP contribution in [0.2, 0.25) is 0 Å². The van der Waals surface area contributed by atoms with Gasteiger partial charge in [-0.25, -0.2) is 9.18 Å². The zero-order valence-corrected chi connectivity index (χ0v) is 18.2. The van der Waals surface area contributed by atoms with Gasteiger partial charge >= 0.3 is 16.1 Å². The predicted molar refractivity (Wildman–Crippen MR) is 118 cm³/mol. The van der Waals surface area contributed by atoms with E-state index in [-0.39, 0.29) is 23.2 Å². The molecule has 0 saturated heterocycles. The predicted octanol–water partition coefficient (Wildman–Crippen LogP) is 4.27. The van der Waals surface area contributed by atoms with Gasteiger partial charge in [0, 0.05) is 25.9 Å². The Bertz CT molecular complexity index is 1120. The molecular weight excluding hydrogens is 435 g/mol. The van der Waals surface area contributed by atoms with E-state index in [1.807, 2.05) is 18.2 Å². The number of benzene rings is 3. The number of nitrogens with zero attached hydrogens (tertiary/aromatic N) is 1. The zero-order chi connectivity index (χ0) is 23.0. The number of carbonyl (C=O) groups excluding carboxylic acids is 1. The first kappa shape index (κ1) is 23.2. The first-order valence-corrected chi connectivity index (χ1v) is 11.2. The van der Waals surface area contributed by atoms with Gasteiger partial charge in [-0.1, -0.05) is 30.3 Å². The van der Waals surface area contributed by atoms with E-state index >= 15 is 0 Å². The molecule has 3 rings (SSSR count). The first-order valence-electron chi connectivity index (χ1n) is 9.76. The Morgan fingerprint density at radius 2 is 1.62 bits per heavy atom. The summed E-state index contributed by atoms with van der Waals surface area (Å²) in [5.41, 5.74) is 1.45. The summed E-state index contributed by atoms with van der Waals surface area (Å²) < 4.78 is 47.9. The lowest BCUT2D eigenvalue weighted by molar-refractivity contribution is 0.153. The normalized spacial score (nSPS) is 11.1. The Labute approximate surface area is 186 Å². The molecule has 0 aliphatic rings. The average Bonchev–Trinajstić information content (AvgIpc) is 2.78. The molecule has 3 aromatic rings. The van der Waals surface area contributed by atoms with Gasteiger partial charge < -0.3 is 19.1 Å². The topological polar surface area (TPSA) is 84.9 Å². The van der Waals surface area contributed by atoms with Crippen LogP contribution in [0.1, 0.15) is 5.56 Å². The fourth-order valence-electron chi connectivity index (χ4n) is 2.82. The van der Waals surface area contributed by atoms with Crippen LogP contribution in [-0.4, -0.2) is 39.6 Å². The minimum Gasteiger partial charge on any atom is -0.383 e. The molecule has 0 spiro atoms. The van der Waals surface area contributed by atoms with Crippen LogP contribution in [0.15, 0.2) is 83.8 Å². The quantitative estimate of drug-likeness (QED) is 0.484. The molecule has 2 amide bonds. The Hall–Kier alpha value is -3.43. The number of urea groups is 1. The number of para-hydroxylation sites is 1. The summed E-state index contributed by atoms with van der Waals surface area (Å²) in [6.07, 6.45) is 0. The van der Waals surface area contributed by atoms with Crippen LogP contribution >= 0.6 is 0 Å². The molecule has 3 aromatic carbocycles. The van der Waals surface area contributed by atoms with Crippen LogP contribution in [0.5, 0.6) is 5.75 Å². The summed E-state index contributed by atoms with van der Waals surface area (Å²) in [5, 5.41) is 2.84. The van der Waals surface area contributed by atoms with Crippen molar-refractivity contribution >= 4 is 21.8 Å². The van der Waals surface area contributed by atoms with Crippen molar-refractivity contribution in [1.29, 1.82) is 0 Å². The number of nitrogens with one attached hydrogen (secondary N) is 1. The highest BCUT2D eigenvalue weighted by molar-refractivity contribution is 7.87. The molecule has 0 fully saturated rings. The van der Waals surface area contributed by atoms with Crippen LogP contribution < -0.4 is 9.50 Å². The number of hydrogen-bond acceptors (Lipinski definition) is 5. The summed E-state index contributed by atoms with van der Waals surface area (Å²) >= 11 is 0. The molecule has 0 aliphatic carbocycles. The molecular formula is C23H23FN2O5S. The molecule has 0 heterocycles. The highest BCUT2D eigenvalue weighted by Gasteiger charge is 2.18. The maximum absolute atomic E-state index is 13.0. The van der Waals surface area contributed by atoms with Crippen LogP contribution in [0.3, 0.4) is 0 Å². The fraction of sp³-hybridized carbons (Fsp3) is 0.174. The smallest absolute Gasteiger partial charge is 0.339 e. The molecule has 32 heavy (non-hydrogen) atoms. The van der Waals surface area contributed by atoms with Crippen LogP contribution in [-0.2, 0) is 21.4 Å². The van der Waals surface area contributed by atoms with E-state index in [0.29, 0.717) is 18.8 Å². The Kier molecular flexibility index (Phi) is 7.80. The van der Waals surface area contributed by atoms with Crippen molar-refractivity contribution in [3.05, 3.63) is 90.2 Å². The fourth-order valence-corrected chi connectivity index (χ4v) is 3.75. The number of carbonyl (C=O) groups is 1. The second-order valence-electron chi connectivity index (χ2n) is 6.85. The van der Waals surface area contributed by atoms with Crippen LogP contribution in [0.4, 0.5) is 14.9 Å². The summed E-state index contributed by atoms with van der Waals surface area (Å²) in [6.45, 7) is 1.01. The van der Waals surface area contributed by atoms with E-state index in [1.165, 1.54) is 12.1 Å². The highest BCUT2D eigenvalue weighted by Crippen LogP contribution is 2.20. The summed E-state index contributed by atoms with van der Waals surface area (Å²) in [7, 11) is -2.53. The molecule has 0 unspecified atom stereocenters. The molecule has 0 radical (unpaired) electrons. The number of methoxy groups -OCH3 is 1. The standard InChI is InChI=1S/C23H23FN2O5S/c1-30-16-15-26(23(27)25-20-5-3-2-4-6-20)17-18-7-11-21(12-8-18)31-32(28,29)22-13-9-19(24)10-14-22/h2-14H,15-17H2,1H3,(H,25,27). The molecule has 168 valence electrons. The lowest BCUT2D eigenvalue weighted by Gasteiger charge is -2.23. The van der Waals surface area contributed by atoms with E-state index in [9.17, 15) is 17.6 Å². The Balaban J connectivity index is 1.67. The number of amides is 2. The van der Waals surface area contributed by atoms with Crippen LogP contribution in [0, 0.1) is 5.82 Å². The van der Waals surface area contributed by atoms with Gasteiger partial charge in [0.25, 0.3) is 0 Å². The maximum Gasteiger partial charge on any atom is 0.339 e. The molecule has 9 heteroatoms. The van der Waals surface area contributed by atoms with Gasteiger partial charge in [0.05, 0.1) is 6.61 Å². The van der Waals surface area contributed by atoms with Gasteiger partial charge in [-0.15, -0.1) is 0 Å². The number of ether oxygens (including phenoxy) is 1. The number of rotatable bonds is 9. The lowest BCUT2D eigenvalue weighted by Crippen LogP contribution is -2.36. The minimum atomic E-state index is -4.08. The van der Waals surface area contributed by atoms with Gasteiger partial charge in [-0.05, 0) is 54.1 Å². The molecule has 0 bridgehead atoms. The highest BCUT2D eigenvalue weighted by atomic mass is 32.2. The maximum atomic E-state index is 13.0. The van der Waals surface area contributed by atoms with Crippen molar-refractivity contribution in [2.24, 2.45) is 0 Å². The molecule has 0 aromatic heterocycles. The van der Waals surface area contributed by atoms with Gasteiger partial charge in [0.1, 0.15) is 16.5 Å². The van der Waals surface area contributed by atoms with E-state index in [0.717, 1.165) is 29.8 Å². The van der Waals surface area contributed by atoms with E-state index in [1.54, 1.807) is 36.3 Å². The van der Waals surface area contributed by atoms with Crippen molar-refractivity contribution in [1.82, 2.24) is 4.90 Å². The summed E-state index contributed by atoms with van der Waals surface area (Å²) in [4.78, 5) is 14.1. The van der Waals surface area contributed by atoms with Gasteiger partial charge in [-0.2, -0.15) is 8.42 Å². The Morgan fingerprint density at radius 3 is 2.25 bits per heavy atom. The third kappa shape index (κ3) is 6.53. The third-order valence-corrected chi connectivity index (χ3v) is 5.74. The van der Waals surface area contributed by atoms with Crippen molar-refractivity contribution in [3.63, 3.8) is 0 Å². The molecule has 7 nitrogen and oxygen atoms in total. The Morgan fingerprint density at radius 1 is 0.969 bits per heavy atom. The minimum absolute atomic E-state index is 0.107. The zero-order valence-electron chi connectivity index (χ0n) is 17.4. The van der Waals surface area contributed by atoms with Crippen LogP contribution in [0.25, 0.3) is 0 Å². The monoisotopic (exact) mass is 458 g/mol. The van der Waals surface area contributed by atoms with E-state index in [2.05, 4.69) is 5.32 Å². The summed E-state index contributed by atoms with van der Waals surface area (Å²) in [5.74, 6) is -0.433. The van der Waals surface area contributed by atoms with E-state index < -0.39 is 15.9 Å². The van der Waals surface area contributed by atoms with E-state index in [4.69, 9.17) is 8.92 Å². The average molecular weight is 459 g/mol. The second kappa shape index (κ2) is 10.7. The largest absolute Gasteiger partial charge is 0.383 e. The van der Waals surface area contributed by atoms with Crippen molar-refractivity contribution in [2.75, 3.05) is 25.6 Å². The molecule has 0 aliphatic heterocycles. The molecule has 0 saturated carbocycles. The molecule has 1 N–H and O–H groups in total. The second-order valence-corrected chi connectivity index (χ2v) is 8.39. The van der Waals surface area contributed by atoms with Gasteiger partial charge in [-0.3, -0.25) is 0 Å².